The van der Waals surface area contributed by atoms with E-state index in [9.17, 15) is 9.59 Å². The van der Waals surface area contributed by atoms with Crippen molar-refractivity contribution < 1.29 is 9.59 Å². The van der Waals surface area contributed by atoms with Crippen molar-refractivity contribution in [3.8, 4) is 6.07 Å². The lowest BCUT2D eigenvalue weighted by molar-refractivity contribution is 0.0898. The van der Waals surface area contributed by atoms with Gasteiger partial charge in [-0.1, -0.05) is 60.7 Å². The minimum atomic E-state index is -0.430. The van der Waals surface area contributed by atoms with E-state index >= 15 is 0 Å². The van der Waals surface area contributed by atoms with Crippen molar-refractivity contribution in [2.75, 3.05) is 0 Å². The molecular weight excluding hydrogens is 274 g/mol. The zero-order valence-corrected chi connectivity index (χ0v) is 12.2. The number of carbonyl (C=O) groups excluding carboxylic acids is 2. The molecule has 3 nitrogen and oxygen atoms in total. The van der Waals surface area contributed by atoms with Gasteiger partial charge in [0.05, 0.1) is 6.07 Å². The summed E-state index contributed by atoms with van der Waals surface area (Å²) in [7, 11) is 0. The van der Waals surface area contributed by atoms with Crippen LogP contribution in [-0.4, -0.2) is 11.6 Å². The van der Waals surface area contributed by atoms with Crippen molar-refractivity contribution in [1.29, 1.82) is 5.26 Å². The van der Waals surface area contributed by atoms with Crippen LogP contribution in [0.2, 0.25) is 0 Å². The van der Waals surface area contributed by atoms with E-state index < -0.39 is 5.92 Å². The highest BCUT2D eigenvalue weighted by Crippen LogP contribution is 2.19. The summed E-state index contributed by atoms with van der Waals surface area (Å²) >= 11 is 0. The maximum absolute atomic E-state index is 12.4. The minimum Gasteiger partial charge on any atom is -0.294 e. The summed E-state index contributed by atoms with van der Waals surface area (Å²) in [5.74, 6) is -0.493. The molecular formula is C19H17NO2. The van der Waals surface area contributed by atoms with Crippen LogP contribution in [0.3, 0.4) is 0 Å². The lowest BCUT2D eigenvalue weighted by Crippen LogP contribution is -2.16. The summed E-state index contributed by atoms with van der Waals surface area (Å²) in [6.45, 7) is 0. The third-order valence-electron chi connectivity index (χ3n) is 3.58. The number of Topliss-reactive ketones (excluding diaryl/α,β-unsaturated/α-hetero) is 2. The molecule has 110 valence electrons. The summed E-state index contributed by atoms with van der Waals surface area (Å²) in [5, 5.41) is 8.93. The molecule has 0 amide bonds. The molecule has 0 unspecified atom stereocenters. The lowest BCUT2D eigenvalue weighted by atomic mass is 9.89. The molecule has 0 aliphatic carbocycles. The van der Waals surface area contributed by atoms with Crippen molar-refractivity contribution in [2.24, 2.45) is 5.92 Å². The second-order valence-corrected chi connectivity index (χ2v) is 5.12. The molecule has 3 heteroatoms. The Hall–Kier alpha value is -2.73. The van der Waals surface area contributed by atoms with Gasteiger partial charge in [-0.3, -0.25) is 9.59 Å². The number of benzene rings is 2. The Balaban J connectivity index is 2.02. The van der Waals surface area contributed by atoms with Gasteiger partial charge in [0.15, 0.2) is 11.6 Å². The van der Waals surface area contributed by atoms with Crippen LogP contribution in [0.25, 0.3) is 0 Å². The van der Waals surface area contributed by atoms with E-state index in [0.29, 0.717) is 17.5 Å². The molecule has 2 aromatic carbocycles. The Morgan fingerprint density at radius 3 is 2.00 bits per heavy atom. The first-order valence-corrected chi connectivity index (χ1v) is 7.27. The molecule has 0 aliphatic heterocycles. The highest BCUT2D eigenvalue weighted by Gasteiger charge is 2.21. The average Bonchev–Trinajstić information content (AvgIpc) is 2.59. The van der Waals surface area contributed by atoms with Crippen LogP contribution in [0.15, 0.2) is 60.7 Å². The Labute approximate surface area is 130 Å². The van der Waals surface area contributed by atoms with Gasteiger partial charge >= 0.3 is 0 Å². The predicted octanol–water partition coefficient (Wildman–Crippen LogP) is 4.06. The Bertz CT molecular complexity index is 672. The minimum absolute atomic E-state index is 0.00408. The molecule has 22 heavy (non-hydrogen) atoms. The van der Waals surface area contributed by atoms with Crippen LogP contribution < -0.4 is 0 Å². The van der Waals surface area contributed by atoms with Gasteiger partial charge in [0.2, 0.25) is 0 Å². The molecule has 0 aliphatic rings. The first-order chi connectivity index (χ1) is 10.7. The second kappa shape index (κ2) is 7.90. The molecule has 2 rings (SSSR count). The van der Waals surface area contributed by atoms with E-state index in [-0.39, 0.29) is 24.4 Å². The predicted molar refractivity (Wildman–Crippen MR) is 84.5 cm³/mol. The topological polar surface area (TPSA) is 57.9 Å². The first-order valence-electron chi connectivity index (χ1n) is 7.27. The molecule has 2 aromatic rings. The van der Waals surface area contributed by atoms with Gasteiger partial charge in [-0.25, -0.2) is 0 Å². The monoisotopic (exact) mass is 291 g/mol. The number of rotatable bonds is 7. The first kappa shape index (κ1) is 15.7. The van der Waals surface area contributed by atoms with E-state index in [0.717, 1.165) is 0 Å². The van der Waals surface area contributed by atoms with Gasteiger partial charge in [0.25, 0.3) is 0 Å². The van der Waals surface area contributed by atoms with E-state index in [1.807, 2.05) is 30.3 Å². The van der Waals surface area contributed by atoms with Crippen LogP contribution in [0.4, 0.5) is 0 Å². The summed E-state index contributed by atoms with van der Waals surface area (Å²) in [5.41, 5.74) is 1.24. The standard InChI is InChI=1S/C19H17NO2/c20-14-13-17(19(22)16-9-5-2-6-10-16)11-12-18(21)15-7-3-1-4-8-15/h1-10,17H,11-13H2/t17-/m1/s1. The molecule has 0 bridgehead atoms. The highest BCUT2D eigenvalue weighted by atomic mass is 16.1. The average molecular weight is 291 g/mol. The molecule has 0 spiro atoms. The number of hydrogen-bond acceptors (Lipinski definition) is 3. The Morgan fingerprint density at radius 1 is 0.909 bits per heavy atom. The van der Waals surface area contributed by atoms with Gasteiger partial charge in [-0.15, -0.1) is 0 Å². The van der Waals surface area contributed by atoms with Crippen LogP contribution >= 0.6 is 0 Å². The van der Waals surface area contributed by atoms with Gasteiger partial charge in [0, 0.05) is 29.9 Å². The Kier molecular flexibility index (Phi) is 5.62. The maximum Gasteiger partial charge on any atom is 0.166 e. The van der Waals surface area contributed by atoms with Crippen molar-refractivity contribution in [3.05, 3.63) is 71.8 Å². The van der Waals surface area contributed by atoms with E-state index in [1.165, 1.54) is 0 Å². The molecule has 0 radical (unpaired) electrons. The summed E-state index contributed by atoms with van der Waals surface area (Å²) in [6.07, 6.45) is 0.805. The molecule has 0 aromatic heterocycles. The smallest absolute Gasteiger partial charge is 0.166 e. The highest BCUT2D eigenvalue weighted by molar-refractivity contribution is 5.99. The number of ketones is 2. The van der Waals surface area contributed by atoms with Crippen LogP contribution in [-0.2, 0) is 0 Å². The number of nitriles is 1. The quantitative estimate of drug-likeness (QED) is 0.723. The largest absolute Gasteiger partial charge is 0.294 e. The van der Waals surface area contributed by atoms with Crippen molar-refractivity contribution >= 4 is 11.6 Å². The fourth-order valence-corrected chi connectivity index (χ4v) is 2.35. The third kappa shape index (κ3) is 4.13. The van der Waals surface area contributed by atoms with E-state index in [1.54, 1.807) is 36.4 Å². The van der Waals surface area contributed by atoms with Gasteiger partial charge < -0.3 is 0 Å². The zero-order chi connectivity index (χ0) is 15.8. The van der Waals surface area contributed by atoms with Crippen LogP contribution in [0.1, 0.15) is 40.0 Å². The van der Waals surface area contributed by atoms with Gasteiger partial charge in [0.1, 0.15) is 0 Å². The fraction of sp³-hybridized carbons (Fsp3) is 0.211. The summed E-state index contributed by atoms with van der Waals surface area (Å²) in [4.78, 5) is 24.5. The van der Waals surface area contributed by atoms with Crippen molar-refractivity contribution in [3.63, 3.8) is 0 Å². The molecule has 0 heterocycles. The molecule has 1 atom stereocenters. The number of nitrogens with zero attached hydrogens (tertiary/aromatic N) is 1. The van der Waals surface area contributed by atoms with Crippen LogP contribution in [0.5, 0.6) is 0 Å². The number of hydrogen-bond donors (Lipinski definition) is 0. The van der Waals surface area contributed by atoms with Crippen molar-refractivity contribution in [2.45, 2.75) is 19.3 Å². The Morgan fingerprint density at radius 2 is 1.45 bits per heavy atom. The summed E-state index contributed by atoms with van der Waals surface area (Å²) < 4.78 is 0. The lowest BCUT2D eigenvalue weighted by Gasteiger charge is -2.12. The molecule has 0 saturated carbocycles. The second-order valence-electron chi connectivity index (χ2n) is 5.12. The van der Waals surface area contributed by atoms with Crippen LogP contribution in [0, 0.1) is 17.2 Å². The molecule has 0 N–H and O–H groups in total. The third-order valence-corrected chi connectivity index (χ3v) is 3.58. The summed E-state index contributed by atoms with van der Waals surface area (Å²) in [6, 6.07) is 20.0. The van der Waals surface area contributed by atoms with Gasteiger partial charge in [-0.05, 0) is 6.42 Å². The molecule has 0 saturated heterocycles. The SMILES string of the molecule is N#CC[C@@H](CCC(=O)c1ccccc1)C(=O)c1ccccc1. The number of carbonyl (C=O) groups is 2. The zero-order valence-electron chi connectivity index (χ0n) is 12.2. The van der Waals surface area contributed by atoms with Gasteiger partial charge in [-0.2, -0.15) is 5.26 Å². The fourth-order valence-electron chi connectivity index (χ4n) is 2.35. The van der Waals surface area contributed by atoms with E-state index in [4.69, 9.17) is 5.26 Å². The van der Waals surface area contributed by atoms with Crippen molar-refractivity contribution in [1.82, 2.24) is 0 Å². The van der Waals surface area contributed by atoms with E-state index in [2.05, 4.69) is 0 Å². The maximum atomic E-state index is 12.4. The molecule has 0 fully saturated rings. The normalized spacial score (nSPS) is 11.4.